The number of para-hydroxylation sites is 1. The van der Waals surface area contributed by atoms with E-state index in [1.807, 2.05) is 18.2 Å². The number of benzene rings is 1. The summed E-state index contributed by atoms with van der Waals surface area (Å²) in [5.41, 5.74) is 1.71. The SMILES string of the molecule is COc1cccc2c(CN3CCOCC3)cc(=O)[nH]c12.Cl. The number of hydrogen-bond acceptors (Lipinski definition) is 4. The molecule has 21 heavy (non-hydrogen) atoms. The first-order valence-electron chi connectivity index (χ1n) is 6.77. The summed E-state index contributed by atoms with van der Waals surface area (Å²) in [6.45, 7) is 4.07. The van der Waals surface area contributed by atoms with Crippen LogP contribution < -0.4 is 10.3 Å². The summed E-state index contributed by atoms with van der Waals surface area (Å²) in [5, 5.41) is 1.04. The zero-order valence-corrected chi connectivity index (χ0v) is 12.7. The Bertz CT molecular complexity index is 666. The van der Waals surface area contributed by atoms with Crippen molar-refractivity contribution in [2.45, 2.75) is 6.54 Å². The molecule has 1 fully saturated rings. The molecule has 1 aromatic carbocycles. The van der Waals surface area contributed by atoms with Crippen molar-refractivity contribution in [2.24, 2.45) is 0 Å². The van der Waals surface area contributed by atoms with Gasteiger partial charge in [0.25, 0.3) is 0 Å². The van der Waals surface area contributed by atoms with Crippen LogP contribution in [0, 0.1) is 0 Å². The lowest BCUT2D eigenvalue weighted by atomic mass is 10.1. The highest BCUT2D eigenvalue weighted by Crippen LogP contribution is 2.25. The molecule has 1 saturated heterocycles. The van der Waals surface area contributed by atoms with E-state index in [9.17, 15) is 4.79 Å². The molecule has 0 saturated carbocycles. The maximum atomic E-state index is 11.9. The molecule has 5 nitrogen and oxygen atoms in total. The molecule has 3 rings (SSSR count). The van der Waals surface area contributed by atoms with Gasteiger partial charge in [-0.15, -0.1) is 12.4 Å². The summed E-state index contributed by atoms with van der Waals surface area (Å²) in [4.78, 5) is 17.0. The van der Waals surface area contributed by atoms with Crippen molar-refractivity contribution in [1.82, 2.24) is 9.88 Å². The van der Waals surface area contributed by atoms with Gasteiger partial charge < -0.3 is 14.5 Å². The number of methoxy groups -OCH3 is 1. The van der Waals surface area contributed by atoms with E-state index in [4.69, 9.17) is 9.47 Å². The lowest BCUT2D eigenvalue weighted by Gasteiger charge is -2.27. The first-order valence-corrected chi connectivity index (χ1v) is 6.77. The minimum atomic E-state index is -0.0924. The summed E-state index contributed by atoms with van der Waals surface area (Å²) in [6, 6.07) is 7.50. The van der Waals surface area contributed by atoms with Gasteiger partial charge >= 0.3 is 0 Å². The molecule has 1 aromatic heterocycles. The predicted octanol–water partition coefficient (Wildman–Crippen LogP) is 1.79. The Balaban J connectivity index is 0.00000161. The van der Waals surface area contributed by atoms with E-state index in [1.54, 1.807) is 13.2 Å². The van der Waals surface area contributed by atoms with E-state index in [1.165, 1.54) is 0 Å². The number of H-pyrrole nitrogens is 1. The monoisotopic (exact) mass is 310 g/mol. The topological polar surface area (TPSA) is 54.6 Å². The van der Waals surface area contributed by atoms with Gasteiger partial charge in [0.05, 0.1) is 25.8 Å². The van der Waals surface area contributed by atoms with Gasteiger partial charge in [-0.3, -0.25) is 9.69 Å². The van der Waals surface area contributed by atoms with Gasteiger partial charge in [-0.2, -0.15) is 0 Å². The molecule has 0 amide bonds. The number of aromatic amines is 1. The van der Waals surface area contributed by atoms with Gasteiger partial charge in [0.2, 0.25) is 5.56 Å². The molecule has 2 heterocycles. The van der Waals surface area contributed by atoms with Crippen LogP contribution in [0.2, 0.25) is 0 Å². The number of morpholine rings is 1. The Morgan fingerprint density at radius 2 is 2.10 bits per heavy atom. The quantitative estimate of drug-likeness (QED) is 0.939. The Labute approximate surface area is 129 Å². The minimum absolute atomic E-state index is 0. The maximum Gasteiger partial charge on any atom is 0.248 e. The number of rotatable bonds is 3. The smallest absolute Gasteiger partial charge is 0.248 e. The van der Waals surface area contributed by atoms with E-state index in [-0.39, 0.29) is 18.0 Å². The molecule has 0 aliphatic carbocycles. The van der Waals surface area contributed by atoms with Crippen molar-refractivity contribution >= 4 is 23.3 Å². The third-order valence-electron chi connectivity index (χ3n) is 3.64. The zero-order chi connectivity index (χ0) is 13.9. The molecule has 6 heteroatoms. The average Bonchev–Trinajstić information content (AvgIpc) is 2.47. The van der Waals surface area contributed by atoms with E-state index in [0.29, 0.717) is 5.75 Å². The molecule has 2 aromatic rings. The number of nitrogens with zero attached hydrogens (tertiary/aromatic N) is 1. The standard InChI is InChI=1S/C15H18N2O3.ClH/c1-19-13-4-2-3-12-11(9-14(18)16-15(12)13)10-17-5-7-20-8-6-17;/h2-4,9H,5-8,10H2,1H3,(H,16,18);1H. The predicted molar refractivity (Wildman–Crippen MR) is 84.5 cm³/mol. The van der Waals surface area contributed by atoms with E-state index in [0.717, 1.165) is 49.3 Å². The molecule has 0 unspecified atom stereocenters. The van der Waals surface area contributed by atoms with Crippen LogP contribution in [-0.4, -0.2) is 43.3 Å². The molecule has 0 spiro atoms. The number of halogens is 1. The van der Waals surface area contributed by atoms with Gasteiger partial charge in [-0.05, 0) is 11.6 Å². The Morgan fingerprint density at radius 3 is 2.81 bits per heavy atom. The van der Waals surface area contributed by atoms with Crippen molar-refractivity contribution < 1.29 is 9.47 Å². The first kappa shape index (κ1) is 15.8. The second kappa shape index (κ2) is 6.93. The lowest BCUT2D eigenvalue weighted by molar-refractivity contribution is 0.0343. The average molecular weight is 311 g/mol. The van der Waals surface area contributed by atoms with Crippen LogP contribution in [0.4, 0.5) is 0 Å². The normalized spacial score (nSPS) is 15.7. The van der Waals surface area contributed by atoms with E-state index in [2.05, 4.69) is 9.88 Å². The highest BCUT2D eigenvalue weighted by atomic mass is 35.5. The summed E-state index contributed by atoms with van der Waals surface area (Å²) >= 11 is 0. The van der Waals surface area contributed by atoms with Gasteiger partial charge in [0, 0.05) is 31.1 Å². The van der Waals surface area contributed by atoms with Crippen LogP contribution in [0.1, 0.15) is 5.56 Å². The van der Waals surface area contributed by atoms with Gasteiger partial charge in [-0.1, -0.05) is 12.1 Å². The third-order valence-corrected chi connectivity index (χ3v) is 3.64. The van der Waals surface area contributed by atoms with Crippen LogP contribution in [0.25, 0.3) is 10.9 Å². The Morgan fingerprint density at radius 1 is 1.33 bits per heavy atom. The van der Waals surface area contributed by atoms with Crippen molar-refractivity contribution in [3.05, 3.63) is 40.2 Å². The molecule has 114 valence electrons. The van der Waals surface area contributed by atoms with E-state index >= 15 is 0 Å². The molecule has 1 aliphatic heterocycles. The first-order chi connectivity index (χ1) is 9.78. The molecule has 0 bridgehead atoms. The Kier molecular flexibility index (Phi) is 5.22. The van der Waals surface area contributed by atoms with Crippen molar-refractivity contribution in [2.75, 3.05) is 33.4 Å². The van der Waals surface area contributed by atoms with Crippen LogP contribution in [-0.2, 0) is 11.3 Å². The number of nitrogens with one attached hydrogen (secondary N) is 1. The molecule has 1 N–H and O–H groups in total. The number of hydrogen-bond donors (Lipinski definition) is 1. The fraction of sp³-hybridized carbons (Fsp3) is 0.400. The van der Waals surface area contributed by atoms with Crippen LogP contribution in [0.3, 0.4) is 0 Å². The minimum Gasteiger partial charge on any atom is -0.495 e. The fourth-order valence-electron chi connectivity index (χ4n) is 2.62. The van der Waals surface area contributed by atoms with Crippen LogP contribution >= 0.6 is 12.4 Å². The molecule has 0 radical (unpaired) electrons. The fourth-order valence-corrected chi connectivity index (χ4v) is 2.62. The number of aromatic nitrogens is 1. The third kappa shape index (κ3) is 3.37. The number of ether oxygens (including phenoxy) is 2. The van der Waals surface area contributed by atoms with E-state index < -0.39 is 0 Å². The molecule has 0 atom stereocenters. The second-order valence-electron chi connectivity index (χ2n) is 4.93. The largest absolute Gasteiger partial charge is 0.495 e. The second-order valence-corrected chi connectivity index (χ2v) is 4.93. The lowest BCUT2D eigenvalue weighted by Crippen LogP contribution is -2.35. The van der Waals surface area contributed by atoms with Crippen molar-refractivity contribution in [1.29, 1.82) is 0 Å². The zero-order valence-electron chi connectivity index (χ0n) is 11.9. The maximum absolute atomic E-state index is 11.9. The highest BCUT2D eigenvalue weighted by Gasteiger charge is 2.14. The van der Waals surface area contributed by atoms with Crippen molar-refractivity contribution in [3.63, 3.8) is 0 Å². The van der Waals surface area contributed by atoms with Gasteiger partial charge in [0.15, 0.2) is 0 Å². The highest BCUT2D eigenvalue weighted by molar-refractivity contribution is 5.87. The Hall–Kier alpha value is -1.56. The summed E-state index contributed by atoms with van der Waals surface area (Å²) < 4.78 is 10.7. The van der Waals surface area contributed by atoms with Crippen LogP contribution in [0.15, 0.2) is 29.1 Å². The number of pyridine rings is 1. The van der Waals surface area contributed by atoms with Gasteiger partial charge in [0.1, 0.15) is 5.75 Å². The molecule has 1 aliphatic rings. The van der Waals surface area contributed by atoms with Crippen molar-refractivity contribution in [3.8, 4) is 5.75 Å². The summed E-state index contributed by atoms with van der Waals surface area (Å²) in [7, 11) is 1.61. The van der Waals surface area contributed by atoms with Gasteiger partial charge in [-0.25, -0.2) is 0 Å². The summed E-state index contributed by atoms with van der Waals surface area (Å²) in [5.74, 6) is 0.698. The molecular formula is C15H19ClN2O3. The molecular weight excluding hydrogens is 292 g/mol. The summed E-state index contributed by atoms with van der Waals surface area (Å²) in [6.07, 6.45) is 0. The number of fused-ring (bicyclic) bond motifs is 1. The van der Waals surface area contributed by atoms with Crippen LogP contribution in [0.5, 0.6) is 5.75 Å².